The lowest BCUT2D eigenvalue weighted by Crippen LogP contribution is -1.95. The molecule has 0 aliphatic rings. The summed E-state index contributed by atoms with van der Waals surface area (Å²) in [5.74, 6) is -1.02. The Morgan fingerprint density at radius 3 is 3.19 bits per heavy atom. The summed E-state index contributed by atoms with van der Waals surface area (Å²) in [4.78, 5) is 15.8. The number of rotatable bonds is 2. The van der Waals surface area contributed by atoms with Crippen molar-refractivity contribution in [3.63, 3.8) is 0 Å². The molecule has 0 aliphatic heterocycles. The van der Waals surface area contributed by atoms with Crippen LogP contribution in [0.1, 0.15) is 10.5 Å². The average molecular weight is 234 g/mol. The third kappa shape index (κ3) is 1.22. The van der Waals surface area contributed by atoms with Gasteiger partial charge in [0.05, 0.1) is 11.9 Å². The Kier molecular flexibility index (Phi) is 1.80. The molecule has 7 heteroatoms. The van der Waals surface area contributed by atoms with Crippen LogP contribution in [0.3, 0.4) is 0 Å². The lowest BCUT2D eigenvalue weighted by molar-refractivity contribution is 0.0690. The van der Waals surface area contributed by atoms with Crippen molar-refractivity contribution in [3.8, 4) is 11.4 Å². The van der Waals surface area contributed by atoms with Crippen LogP contribution in [0.15, 0.2) is 23.8 Å². The van der Waals surface area contributed by atoms with E-state index in [9.17, 15) is 4.79 Å². The molecular formula is C9H6N4O2S. The number of imidazole rings is 1. The van der Waals surface area contributed by atoms with Gasteiger partial charge in [-0.05, 0) is 0 Å². The molecule has 6 nitrogen and oxygen atoms in total. The molecule has 0 spiro atoms. The molecule has 0 unspecified atom stereocenters. The van der Waals surface area contributed by atoms with Gasteiger partial charge in [0.15, 0.2) is 4.96 Å². The van der Waals surface area contributed by atoms with Crippen molar-refractivity contribution in [3.05, 3.63) is 29.5 Å². The quantitative estimate of drug-likeness (QED) is 0.703. The average Bonchev–Trinajstić information content (AvgIpc) is 2.92. The summed E-state index contributed by atoms with van der Waals surface area (Å²) in [6.07, 6.45) is 3.55. The molecule has 3 heterocycles. The zero-order valence-corrected chi connectivity index (χ0v) is 8.73. The number of hydrogen-bond donors (Lipinski definition) is 2. The molecule has 2 N–H and O–H groups in total. The molecule has 0 amide bonds. The number of nitrogens with zero attached hydrogens (tertiary/aromatic N) is 3. The highest BCUT2D eigenvalue weighted by Gasteiger charge is 2.12. The Bertz CT molecular complexity index is 666. The number of carboxylic acids is 1. The second-order valence-corrected chi connectivity index (χ2v) is 4.04. The molecule has 0 aliphatic carbocycles. The Morgan fingerprint density at radius 1 is 1.56 bits per heavy atom. The van der Waals surface area contributed by atoms with Crippen LogP contribution in [-0.4, -0.2) is 30.7 Å². The van der Waals surface area contributed by atoms with E-state index in [0.29, 0.717) is 5.69 Å². The zero-order valence-electron chi connectivity index (χ0n) is 7.91. The first kappa shape index (κ1) is 9.10. The predicted octanol–water partition coefficient (Wildman–Crippen LogP) is 1.48. The molecule has 0 bridgehead atoms. The van der Waals surface area contributed by atoms with Crippen LogP contribution in [0.5, 0.6) is 0 Å². The molecule has 0 radical (unpaired) electrons. The molecule has 0 atom stereocenters. The van der Waals surface area contributed by atoms with Crippen molar-refractivity contribution in [2.45, 2.75) is 0 Å². The van der Waals surface area contributed by atoms with Crippen LogP contribution in [0.2, 0.25) is 0 Å². The van der Waals surface area contributed by atoms with E-state index in [-0.39, 0.29) is 5.69 Å². The number of carboxylic acid groups (broad SMARTS) is 1. The molecule has 3 rings (SSSR count). The van der Waals surface area contributed by atoms with E-state index >= 15 is 0 Å². The van der Waals surface area contributed by atoms with Gasteiger partial charge in [0.1, 0.15) is 11.4 Å². The first-order valence-corrected chi connectivity index (χ1v) is 5.33. The third-order valence-electron chi connectivity index (χ3n) is 2.22. The molecular weight excluding hydrogens is 228 g/mol. The minimum atomic E-state index is -1.02. The highest BCUT2D eigenvalue weighted by Crippen LogP contribution is 2.21. The molecule has 0 saturated heterocycles. The zero-order chi connectivity index (χ0) is 11.1. The summed E-state index contributed by atoms with van der Waals surface area (Å²) in [6.45, 7) is 0. The standard InChI is InChI=1S/C9H6N4O2S/c14-8(15)6-3-5(11-12-6)7-4-10-9-13(7)1-2-16-9/h1-4H,(H,11,12)(H,14,15). The van der Waals surface area contributed by atoms with E-state index in [1.807, 2.05) is 16.0 Å². The fraction of sp³-hybridized carbons (Fsp3) is 0. The Morgan fingerprint density at radius 2 is 2.44 bits per heavy atom. The third-order valence-corrected chi connectivity index (χ3v) is 2.99. The molecule has 0 aromatic carbocycles. The molecule has 0 saturated carbocycles. The van der Waals surface area contributed by atoms with Crippen molar-refractivity contribution in [2.24, 2.45) is 0 Å². The first-order valence-electron chi connectivity index (χ1n) is 4.45. The lowest BCUT2D eigenvalue weighted by Gasteiger charge is -1.90. The van der Waals surface area contributed by atoms with E-state index in [4.69, 9.17) is 5.11 Å². The summed E-state index contributed by atoms with van der Waals surface area (Å²) in [6, 6.07) is 1.49. The van der Waals surface area contributed by atoms with E-state index in [2.05, 4.69) is 15.2 Å². The Balaban J connectivity index is 2.15. The van der Waals surface area contributed by atoms with E-state index in [1.165, 1.54) is 17.4 Å². The monoisotopic (exact) mass is 234 g/mol. The second kappa shape index (κ2) is 3.17. The molecule has 3 aromatic rings. The van der Waals surface area contributed by atoms with Crippen LogP contribution in [0.25, 0.3) is 16.3 Å². The minimum Gasteiger partial charge on any atom is -0.477 e. The molecule has 16 heavy (non-hydrogen) atoms. The largest absolute Gasteiger partial charge is 0.477 e. The predicted molar refractivity (Wildman–Crippen MR) is 57.6 cm³/mol. The normalized spacial score (nSPS) is 11.0. The molecule has 0 fully saturated rings. The number of aromatic nitrogens is 4. The lowest BCUT2D eigenvalue weighted by atomic mass is 10.3. The van der Waals surface area contributed by atoms with Gasteiger partial charge < -0.3 is 5.11 Å². The fourth-order valence-corrected chi connectivity index (χ4v) is 2.17. The fourth-order valence-electron chi connectivity index (χ4n) is 1.48. The number of hydrogen-bond acceptors (Lipinski definition) is 4. The van der Waals surface area contributed by atoms with E-state index in [1.54, 1.807) is 6.20 Å². The maximum absolute atomic E-state index is 10.7. The topological polar surface area (TPSA) is 83.3 Å². The van der Waals surface area contributed by atoms with Crippen molar-refractivity contribution in [1.82, 2.24) is 19.6 Å². The van der Waals surface area contributed by atoms with Crippen molar-refractivity contribution >= 4 is 22.3 Å². The smallest absolute Gasteiger partial charge is 0.353 e. The first-order chi connectivity index (χ1) is 7.75. The summed E-state index contributed by atoms with van der Waals surface area (Å²) in [7, 11) is 0. The van der Waals surface area contributed by atoms with Crippen LogP contribution in [0, 0.1) is 0 Å². The highest BCUT2D eigenvalue weighted by molar-refractivity contribution is 7.15. The molecule has 80 valence electrons. The van der Waals surface area contributed by atoms with E-state index < -0.39 is 5.97 Å². The van der Waals surface area contributed by atoms with Gasteiger partial charge in [-0.3, -0.25) is 9.50 Å². The van der Waals surface area contributed by atoms with Crippen molar-refractivity contribution in [2.75, 3.05) is 0 Å². The SMILES string of the molecule is O=C(O)c1cc(-c2cnc3sccn23)n[nH]1. The van der Waals surface area contributed by atoms with Gasteiger partial charge in [-0.1, -0.05) is 0 Å². The summed E-state index contributed by atoms with van der Waals surface area (Å²) in [5, 5.41) is 17.1. The van der Waals surface area contributed by atoms with Crippen LogP contribution in [-0.2, 0) is 0 Å². The molecule has 3 aromatic heterocycles. The summed E-state index contributed by atoms with van der Waals surface area (Å²) >= 11 is 1.51. The van der Waals surface area contributed by atoms with E-state index in [0.717, 1.165) is 10.7 Å². The minimum absolute atomic E-state index is 0.0696. The van der Waals surface area contributed by atoms with Gasteiger partial charge in [-0.25, -0.2) is 9.78 Å². The number of fused-ring (bicyclic) bond motifs is 1. The van der Waals surface area contributed by atoms with Gasteiger partial charge in [-0.2, -0.15) is 5.10 Å². The van der Waals surface area contributed by atoms with Gasteiger partial charge in [-0.15, -0.1) is 11.3 Å². The summed E-state index contributed by atoms with van der Waals surface area (Å²) < 4.78 is 1.87. The number of carbonyl (C=O) groups is 1. The van der Waals surface area contributed by atoms with Gasteiger partial charge >= 0.3 is 5.97 Å². The maximum Gasteiger partial charge on any atom is 0.353 e. The van der Waals surface area contributed by atoms with Gasteiger partial charge in [0, 0.05) is 17.6 Å². The highest BCUT2D eigenvalue weighted by atomic mass is 32.1. The Hall–Kier alpha value is -2.15. The number of nitrogens with one attached hydrogen (secondary N) is 1. The van der Waals surface area contributed by atoms with Gasteiger partial charge in [0.2, 0.25) is 0 Å². The Labute approximate surface area is 93.2 Å². The van der Waals surface area contributed by atoms with Crippen LogP contribution in [0.4, 0.5) is 0 Å². The second-order valence-electron chi connectivity index (χ2n) is 3.17. The summed E-state index contributed by atoms with van der Waals surface area (Å²) in [5.41, 5.74) is 1.42. The number of aromatic amines is 1. The van der Waals surface area contributed by atoms with Crippen molar-refractivity contribution in [1.29, 1.82) is 0 Å². The maximum atomic E-state index is 10.7. The van der Waals surface area contributed by atoms with Crippen molar-refractivity contribution < 1.29 is 9.90 Å². The number of aromatic carboxylic acids is 1. The van der Waals surface area contributed by atoms with Gasteiger partial charge in [0.25, 0.3) is 0 Å². The number of thiazole rings is 1. The van der Waals surface area contributed by atoms with Crippen LogP contribution < -0.4 is 0 Å². The van der Waals surface area contributed by atoms with Crippen LogP contribution >= 0.6 is 11.3 Å². The number of H-pyrrole nitrogens is 1.